The Hall–Kier alpha value is -2.02. The quantitative estimate of drug-likeness (QED) is 0.721. The Balaban J connectivity index is 2.40. The topological polar surface area (TPSA) is 101 Å². The molecule has 0 saturated carbocycles. The fourth-order valence-electron chi connectivity index (χ4n) is 1.34. The zero-order valence-corrected chi connectivity index (χ0v) is 12.8. The molecule has 8 heteroatoms. The molecule has 1 amide bonds. The number of aromatic nitrogens is 1. The molecule has 21 heavy (non-hydrogen) atoms. The average Bonchev–Trinajstić information content (AvgIpc) is 2.33. The van der Waals surface area contributed by atoms with Crippen LogP contribution in [0.1, 0.15) is 31.1 Å². The number of halogens is 1. The number of amides is 1. The summed E-state index contributed by atoms with van der Waals surface area (Å²) in [6.45, 7) is 6.02. The van der Waals surface area contributed by atoms with Gasteiger partial charge in [-0.05, 0) is 26.8 Å². The van der Waals surface area contributed by atoms with Crippen LogP contribution in [0.2, 0.25) is 5.02 Å². The lowest BCUT2D eigenvalue weighted by Gasteiger charge is -2.19. The molecule has 1 aromatic rings. The number of pyridine rings is 1. The van der Waals surface area contributed by atoms with Crippen molar-refractivity contribution in [3.63, 3.8) is 0 Å². The van der Waals surface area contributed by atoms with Crippen molar-refractivity contribution in [2.45, 2.75) is 26.4 Å². The molecule has 7 nitrogen and oxygen atoms in total. The second-order valence-corrected chi connectivity index (χ2v) is 5.62. The third-order valence-electron chi connectivity index (χ3n) is 2.17. The highest BCUT2D eigenvalue weighted by Gasteiger charge is 2.15. The predicted octanol–water partition coefficient (Wildman–Crippen LogP) is 2.37. The smallest absolute Gasteiger partial charge is 0.407 e. The molecule has 1 heterocycles. The Bertz CT molecular complexity index is 529. The van der Waals surface area contributed by atoms with Gasteiger partial charge in [0.1, 0.15) is 11.4 Å². The molecule has 0 aliphatic heterocycles. The van der Waals surface area contributed by atoms with E-state index in [9.17, 15) is 9.59 Å². The highest BCUT2D eigenvalue weighted by atomic mass is 35.5. The summed E-state index contributed by atoms with van der Waals surface area (Å²) in [5, 5.41) is 14.4. The van der Waals surface area contributed by atoms with Crippen molar-refractivity contribution in [3.05, 3.63) is 22.8 Å². The van der Waals surface area contributed by atoms with Crippen molar-refractivity contribution >= 4 is 29.5 Å². The molecule has 0 aliphatic rings. The number of alkyl carbamates (subject to hydrolysis) is 1. The normalized spacial score (nSPS) is 10.9. The van der Waals surface area contributed by atoms with Crippen LogP contribution < -0.4 is 10.6 Å². The van der Waals surface area contributed by atoms with Crippen LogP contribution >= 0.6 is 11.6 Å². The number of nitrogens with zero attached hydrogens (tertiary/aromatic N) is 1. The van der Waals surface area contributed by atoms with Gasteiger partial charge in [-0.25, -0.2) is 14.6 Å². The number of rotatable bonds is 5. The van der Waals surface area contributed by atoms with Crippen LogP contribution in [0.5, 0.6) is 0 Å². The molecule has 116 valence electrons. The van der Waals surface area contributed by atoms with E-state index in [0.29, 0.717) is 18.9 Å². The van der Waals surface area contributed by atoms with E-state index < -0.39 is 17.7 Å². The number of carbonyl (C=O) groups is 2. The van der Waals surface area contributed by atoms with Crippen molar-refractivity contribution in [1.29, 1.82) is 0 Å². The maximum absolute atomic E-state index is 11.4. The zero-order valence-electron chi connectivity index (χ0n) is 12.1. The first-order valence-corrected chi connectivity index (χ1v) is 6.66. The first-order valence-electron chi connectivity index (χ1n) is 6.28. The average molecular weight is 316 g/mol. The van der Waals surface area contributed by atoms with Gasteiger partial charge in [0.2, 0.25) is 0 Å². The monoisotopic (exact) mass is 315 g/mol. The Morgan fingerprint density at radius 1 is 1.38 bits per heavy atom. The van der Waals surface area contributed by atoms with Crippen LogP contribution in [0.25, 0.3) is 0 Å². The summed E-state index contributed by atoms with van der Waals surface area (Å²) in [5.74, 6) is -0.741. The number of carboxylic acid groups (broad SMARTS) is 1. The van der Waals surface area contributed by atoms with E-state index in [1.165, 1.54) is 12.3 Å². The van der Waals surface area contributed by atoms with Crippen LogP contribution in [0.4, 0.5) is 10.6 Å². The molecule has 0 radical (unpaired) electrons. The number of ether oxygens (including phenoxy) is 1. The lowest BCUT2D eigenvalue weighted by molar-refractivity contribution is 0.0529. The molecule has 0 bridgehead atoms. The molecule has 0 aliphatic carbocycles. The van der Waals surface area contributed by atoms with Gasteiger partial charge in [-0.15, -0.1) is 0 Å². The summed E-state index contributed by atoms with van der Waals surface area (Å²) >= 11 is 5.90. The van der Waals surface area contributed by atoms with E-state index in [1.54, 1.807) is 20.8 Å². The number of anilines is 1. The van der Waals surface area contributed by atoms with E-state index >= 15 is 0 Å². The first kappa shape index (κ1) is 17.0. The summed E-state index contributed by atoms with van der Waals surface area (Å²) < 4.78 is 5.07. The third-order valence-corrected chi connectivity index (χ3v) is 2.46. The molecule has 0 fully saturated rings. The number of carbonyl (C=O) groups excluding carboxylic acids is 1. The van der Waals surface area contributed by atoms with Crippen molar-refractivity contribution in [3.8, 4) is 0 Å². The van der Waals surface area contributed by atoms with Crippen LogP contribution in [-0.2, 0) is 4.74 Å². The van der Waals surface area contributed by atoms with Gasteiger partial charge in [0, 0.05) is 19.3 Å². The Kier molecular flexibility index (Phi) is 5.78. The van der Waals surface area contributed by atoms with Crippen LogP contribution in [0, 0.1) is 0 Å². The molecule has 0 atom stereocenters. The molecule has 0 saturated heterocycles. The van der Waals surface area contributed by atoms with Crippen LogP contribution in [-0.4, -0.2) is 40.8 Å². The Morgan fingerprint density at radius 3 is 2.57 bits per heavy atom. The van der Waals surface area contributed by atoms with Gasteiger partial charge in [-0.1, -0.05) is 11.6 Å². The second-order valence-electron chi connectivity index (χ2n) is 5.22. The summed E-state index contributed by atoms with van der Waals surface area (Å²) in [5.41, 5.74) is -0.535. The van der Waals surface area contributed by atoms with Gasteiger partial charge >= 0.3 is 12.1 Å². The van der Waals surface area contributed by atoms with E-state index in [2.05, 4.69) is 15.6 Å². The van der Waals surface area contributed by atoms with Crippen molar-refractivity contribution in [2.24, 2.45) is 0 Å². The van der Waals surface area contributed by atoms with Gasteiger partial charge in [0.15, 0.2) is 0 Å². The number of hydrogen-bond acceptors (Lipinski definition) is 5. The van der Waals surface area contributed by atoms with E-state index in [0.717, 1.165) is 0 Å². The number of hydrogen-bond donors (Lipinski definition) is 3. The summed E-state index contributed by atoms with van der Waals surface area (Å²) in [7, 11) is 0. The second kappa shape index (κ2) is 7.12. The number of carboxylic acids is 1. The van der Waals surface area contributed by atoms with E-state index in [-0.39, 0.29) is 10.6 Å². The minimum atomic E-state index is -1.09. The lowest BCUT2D eigenvalue weighted by atomic mass is 10.2. The van der Waals surface area contributed by atoms with E-state index in [4.69, 9.17) is 21.4 Å². The SMILES string of the molecule is CC(C)(C)OC(=O)NCCNc1ncc(C(=O)O)cc1Cl. The van der Waals surface area contributed by atoms with Crippen molar-refractivity contribution in [2.75, 3.05) is 18.4 Å². The standard InChI is InChI=1S/C13H18ClN3O4/c1-13(2,3)21-12(20)16-5-4-15-10-9(14)6-8(7-17-10)11(18)19/h6-7H,4-5H2,1-3H3,(H,15,17)(H,16,20)(H,18,19). The molecule has 1 aromatic heterocycles. The minimum absolute atomic E-state index is 0.0115. The fourth-order valence-corrected chi connectivity index (χ4v) is 1.58. The fraction of sp³-hybridized carbons (Fsp3) is 0.462. The largest absolute Gasteiger partial charge is 0.478 e. The minimum Gasteiger partial charge on any atom is -0.478 e. The highest BCUT2D eigenvalue weighted by Crippen LogP contribution is 2.19. The van der Waals surface area contributed by atoms with Gasteiger partial charge in [0.25, 0.3) is 0 Å². The zero-order chi connectivity index (χ0) is 16.0. The summed E-state index contributed by atoms with van der Waals surface area (Å²) in [6, 6.07) is 1.31. The van der Waals surface area contributed by atoms with Crippen LogP contribution in [0.15, 0.2) is 12.3 Å². The van der Waals surface area contributed by atoms with E-state index in [1.807, 2.05) is 0 Å². The Morgan fingerprint density at radius 2 is 2.05 bits per heavy atom. The van der Waals surface area contributed by atoms with Crippen molar-refractivity contribution in [1.82, 2.24) is 10.3 Å². The maximum atomic E-state index is 11.4. The molecule has 3 N–H and O–H groups in total. The molecular formula is C13H18ClN3O4. The first-order chi connectivity index (χ1) is 9.69. The molecular weight excluding hydrogens is 298 g/mol. The van der Waals surface area contributed by atoms with Crippen molar-refractivity contribution < 1.29 is 19.4 Å². The highest BCUT2D eigenvalue weighted by molar-refractivity contribution is 6.33. The van der Waals surface area contributed by atoms with Gasteiger partial charge < -0.3 is 20.5 Å². The predicted molar refractivity (Wildman–Crippen MR) is 78.9 cm³/mol. The molecule has 0 spiro atoms. The summed E-state index contributed by atoms with van der Waals surface area (Å²) in [6.07, 6.45) is 0.697. The van der Waals surface area contributed by atoms with Gasteiger partial charge in [0.05, 0.1) is 10.6 Å². The number of nitrogens with one attached hydrogen (secondary N) is 2. The maximum Gasteiger partial charge on any atom is 0.407 e. The Labute approximate surface area is 127 Å². The lowest BCUT2D eigenvalue weighted by Crippen LogP contribution is -2.35. The summed E-state index contributed by atoms with van der Waals surface area (Å²) in [4.78, 5) is 26.0. The number of aromatic carboxylic acids is 1. The molecule has 0 aromatic carbocycles. The van der Waals surface area contributed by atoms with Gasteiger partial charge in [-0.3, -0.25) is 0 Å². The van der Waals surface area contributed by atoms with Gasteiger partial charge in [-0.2, -0.15) is 0 Å². The third kappa shape index (κ3) is 6.31. The molecule has 0 unspecified atom stereocenters. The molecule has 1 rings (SSSR count). The van der Waals surface area contributed by atoms with Crippen LogP contribution in [0.3, 0.4) is 0 Å².